The number of hydrogen-bond acceptors (Lipinski definition) is 5. The fourth-order valence-corrected chi connectivity index (χ4v) is 5.71. The Morgan fingerprint density at radius 3 is 2.33 bits per heavy atom. The maximum atomic E-state index is 13.9. The Morgan fingerprint density at radius 2 is 1.62 bits per heavy atom. The standard InChI is InChI=1S/C36H33ClN2O6/c1-23(30(26-15-17-29(37)18-16-26)10-6-7-24-13-14-25-8-2-3-9-27(25)19-24)39(34(40)20-28(36(43)44)21-35(41)42)22-33-38-31-11-4-5-12-32(31)45-33/h2-9,11-19,23,28,30H,10,20-22H2,1H3,(H,41,42)(H,43,44)/b7-6+. The van der Waals surface area contributed by atoms with Crippen LogP contribution >= 0.6 is 11.6 Å². The second-order valence-corrected chi connectivity index (χ2v) is 11.5. The summed E-state index contributed by atoms with van der Waals surface area (Å²) < 4.78 is 5.94. The summed E-state index contributed by atoms with van der Waals surface area (Å²) in [6.07, 6.45) is 3.51. The number of amides is 1. The maximum Gasteiger partial charge on any atom is 0.307 e. The van der Waals surface area contributed by atoms with Crippen LogP contribution in [0.1, 0.15) is 49.1 Å². The van der Waals surface area contributed by atoms with Gasteiger partial charge in [0.25, 0.3) is 0 Å². The molecular formula is C36H33ClN2O6. The van der Waals surface area contributed by atoms with Crippen LogP contribution in [0.4, 0.5) is 0 Å². The largest absolute Gasteiger partial charge is 0.481 e. The molecule has 5 rings (SSSR count). The van der Waals surface area contributed by atoms with Gasteiger partial charge in [0.05, 0.1) is 18.9 Å². The summed E-state index contributed by atoms with van der Waals surface area (Å²) in [5.41, 5.74) is 3.17. The van der Waals surface area contributed by atoms with E-state index in [9.17, 15) is 24.6 Å². The molecule has 0 saturated carbocycles. The highest BCUT2D eigenvalue weighted by Gasteiger charge is 2.33. The van der Waals surface area contributed by atoms with Crippen molar-refractivity contribution in [3.63, 3.8) is 0 Å². The first-order chi connectivity index (χ1) is 21.7. The number of hydrogen-bond donors (Lipinski definition) is 2. The lowest BCUT2D eigenvalue weighted by Gasteiger charge is -2.35. The molecule has 1 heterocycles. The normalized spacial score (nSPS) is 13.6. The van der Waals surface area contributed by atoms with Gasteiger partial charge in [-0.25, -0.2) is 4.98 Å². The zero-order chi connectivity index (χ0) is 31.9. The molecule has 3 atom stereocenters. The first-order valence-corrected chi connectivity index (χ1v) is 15.0. The molecule has 8 nitrogen and oxygen atoms in total. The Kier molecular flexibility index (Phi) is 9.95. The lowest BCUT2D eigenvalue weighted by molar-refractivity contribution is -0.151. The summed E-state index contributed by atoms with van der Waals surface area (Å²) in [5, 5.41) is 21.8. The number of halogens is 1. The summed E-state index contributed by atoms with van der Waals surface area (Å²) in [6.45, 7) is 1.88. The lowest BCUT2D eigenvalue weighted by atomic mass is 9.87. The number of oxazole rings is 1. The zero-order valence-electron chi connectivity index (χ0n) is 24.7. The van der Waals surface area contributed by atoms with E-state index >= 15 is 0 Å². The highest BCUT2D eigenvalue weighted by molar-refractivity contribution is 6.30. The second kappa shape index (κ2) is 14.2. The van der Waals surface area contributed by atoms with Crippen LogP contribution in [0.15, 0.2) is 101 Å². The average molecular weight is 625 g/mol. The maximum absolute atomic E-state index is 13.9. The van der Waals surface area contributed by atoms with Gasteiger partial charge in [0, 0.05) is 23.4 Å². The Hall–Kier alpha value is -4.95. The van der Waals surface area contributed by atoms with Gasteiger partial charge in [0.2, 0.25) is 11.8 Å². The minimum atomic E-state index is -1.38. The van der Waals surface area contributed by atoms with E-state index in [2.05, 4.69) is 41.4 Å². The molecular weight excluding hydrogens is 592 g/mol. The van der Waals surface area contributed by atoms with E-state index in [4.69, 9.17) is 16.0 Å². The van der Waals surface area contributed by atoms with E-state index in [1.165, 1.54) is 0 Å². The molecule has 3 unspecified atom stereocenters. The monoisotopic (exact) mass is 624 g/mol. The quantitative estimate of drug-likeness (QED) is 0.137. The van der Waals surface area contributed by atoms with Crippen molar-refractivity contribution < 1.29 is 29.0 Å². The number of carbonyl (C=O) groups excluding carboxylic acids is 1. The zero-order valence-corrected chi connectivity index (χ0v) is 25.4. The molecule has 45 heavy (non-hydrogen) atoms. The number of aromatic nitrogens is 1. The number of para-hydroxylation sites is 2. The van der Waals surface area contributed by atoms with E-state index in [0.717, 1.165) is 21.9 Å². The van der Waals surface area contributed by atoms with Gasteiger partial charge in [-0.3, -0.25) is 14.4 Å². The number of carboxylic acid groups (broad SMARTS) is 2. The second-order valence-electron chi connectivity index (χ2n) is 11.1. The predicted octanol–water partition coefficient (Wildman–Crippen LogP) is 7.80. The number of fused-ring (bicyclic) bond motifs is 2. The molecule has 0 aliphatic rings. The number of carbonyl (C=O) groups is 3. The summed E-state index contributed by atoms with van der Waals surface area (Å²) in [7, 11) is 0. The van der Waals surface area contributed by atoms with E-state index in [1.54, 1.807) is 29.2 Å². The number of carboxylic acids is 2. The molecule has 0 aliphatic heterocycles. The first-order valence-electron chi connectivity index (χ1n) is 14.7. The Morgan fingerprint density at radius 1 is 0.911 bits per heavy atom. The number of rotatable bonds is 13. The van der Waals surface area contributed by atoms with Gasteiger partial charge in [-0.15, -0.1) is 0 Å². The minimum absolute atomic E-state index is 0.0213. The van der Waals surface area contributed by atoms with Crippen LogP contribution in [0.25, 0.3) is 27.9 Å². The molecule has 1 amide bonds. The Labute approximate surface area is 265 Å². The topological polar surface area (TPSA) is 121 Å². The fraction of sp³-hybridized carbons (Fsp3) is 0.222. The summed E-state index contributed by atoms with van der Waals surface area (Å²) >= 11 is 6.21. The van der Waals surface area contributed by atoms with Gasteiger partial charge < -0.3 is 19.5 Å². The highest BCUT2D eigenvalue weighted by Crippen LogP contribution is 2.32. The van der Waals surface area contributed by atoms with Crippen molar-refractivity contribution in [3.05, 3.63) is 119 Å². The number of allylic oxidation sites excluding steroid dienone is 1. The number of aliphatic carboxylic acids is 2. The number of benzene rings is 4. The third-order valence-corrected chi connectivity index (χ3v) is 8.25. The van der Waals surface area contributed by atoms with Crippen molar-refractivity contribution in [2.24, 2.45) is 5.92 Å². The molecule has 0 radical (unpaired) electrons. The van der Waals surface area contributed by atoms with Crippen LogP contribution < -0.4 is 0 Å². The van der Waals surface area contributed by atoms with Crippen LogP contribution in [0, 0.1) is 5.92 Å². The predicted molar refractivity (Wildman–Crippen MR) is 174 cm³/mol. The highest BCUT2D eigenvalue weighted by atomic mass is 35.5. The Bertz CT molecular complexity index is 1810. The molecule has 0 aliphatic carbocycles. The fourth-order valence-electron chi connectivity index (χ4n) is 5.58. The smallest absolute Gasteiger partial charge is 0.307 e. The summed E-state index contributed by atoms with van der Waals surface area (Å²) in [6, 6.07) is 28.6. The minimum Gasteiger partial charge on any atom is -0.481 e. The molecule has 5 aromatic rings. The molecule has 0 spiro atoms. The Balaban J connectivity index is 1.47. The molecule has 9 heteroatoms. The van der Waals surface area contributed by atoms with E-state index in [-0.39, 0.29) is 12.5 Å². The van der Waals surface area contributed by atoms with Crippen LogP contribution in [-0.4, -0.2) is 44.0 Å². The van der Waals surface area contributed by atoms with Crippen LogP contribution in [-0.2, 0) is 20.9 Å². The van der Waals surface area contributed by atoms with Gasteiger partial charge in [-0.1, -0.05) is 84.4 Å². The van der Waals surface area contributed by atoms with Crippen LogP contribution in [0.5, 0.6) is 0 Å². The molecule has 4 aromatic carbocycles. The van der Waals surface area contributed by atoms with Crippen LogP contribution in [0.3, 0.4) is 0 Å². The molecule has 2 N–H and O–H groups in total. The first kappa shape index (κ1) is 31.5. The van der Waals surface area contributed by atoms with Crippen molar-refractivity contribution in [1.82, 2.24) is 9.88 Å². The summed E-state index contributed by atoms with van der Waals surface area (Å²) in [4.78, 5) is 43.3. The van der Waals surface area contributed by atoms with Crippen LogP contribution in [0.2, 0.25) is 5.02 Å². The molecule has 0 fully saturated rings. The van der Waals surface area contributed by atoms with E-state index in [1.807, 2.05) is 49.4 Å². The average Bonchev–Trinajstić information content (AvgIpc) is 3.44. The molecule has 0 saturated heterocycles. The van der Waals surface area contributed by atoms with Crippen molar-refractivity contribution in [3.8, 4) is 0 Å². The third kappa shape index (κ3) is 7.96. The summed E-state index contributed by atoms with van der Waals surface area (Å²) in [5.74, 6) is -4.44. The van der Waals surface area contributed by atoms with E-state index in [0.29, 0.717) is 28.4 Å². The number of nitrogens with zero attached hydrogens (tertiary/aromatic N) is 2. The lowest BCUT2D eigenvalue weighted by Crippen LogP contribution is -2.43. The van der Waals surface area contributed by atoms with Crippen molar-refractivity contribution in [2.45, 2.75) is 44.7 Å². The molecule has 0 bridgehead atoms. The SMILES string of the molecule is CC(C(C/C=C/c1ccc2ccccc2c1)c1ccc(Cl)cc1)N(Cc1nc2ccccc2o1)C(=O)CC(CC(=O)O)C(=O)O. The van der Waals surface area contributed by atoms with Gasteiger partial charge >= 0.3 is 11.9 Å². The van der Waals surface area contributed by atoms with Gasteiger partial charge in [-0.2, -0.15) is 0 Å². The van der Waals surface area contributed by atoms with Crippen molar-refractivity contribution in [2.75, 3.05) is 0 Å². The molecule has 1 aromatic heterocycles. The van der Waals surface area contributed by atoms with Gasteiger partial charge in [-0.05, 0) is 65.6 Å². The molecule has 230 valence electrons. The third-order valence-electron chi connectivity index (χ3n) is 8.00. The van der Waals surface area contributed by atoms with Gasteiger partial charge in [0.15, 0.2) is 5.58 Å². The van der Waals surface area contributed by atoms with Crippen molar-refractivity contribution in [1.29, 1.82) is 0 Å². The van der Waals surface area contributed by atoms with E-state index < -0.39 is 42.6 Å². The van der Waals surface area contributed by atoms with Crippen molar-refractivity contribution >= 4 is 57.4 Å². The van der Waals surface area contributed by atoms with Gasteiger partial charge in [0.1, 0.15) is 5.52 Å².